The predicted molar refractivity (Wildman–Crippen MR) is 149 cm³/mol. The first-order valence-corrected chi connectivity index (χ1v) is 12.7. The quantitative estimate of drug-likeness (QED) is 0.174. The van der Waals surface area contributed by atoms with Crippen LogP contribution >= 0.6 is 0 Å². The third kappa shape index (κ3) is 5.06. The second-order valence-corrected chi connectivity index (χ2v) is 9.28. The molecule has 0 aliphatic carbocycles. The Morgan fingerprint density at radius 3 is 1.79 bits per heavy atom. The van der Waals surface area contributed by atoms with Crippen molar-refractivity contribution in [2.24, 2.45) is 0 Å². The topological polar surface area (TPSA) is 88.4 Å². The van der Waals surface area contributed by atoms with E-state index in [2.05, 4.69) is 5.32 Å². The monoisotopic (exact) mass is 504 g/mol. The number of carbonyl (C=O) groups is 3. The third-order valence-corrected chi connectivity index (χ3v) is 6.85. The van der Waals surface area contributed by atoms with Crippen LogP contribution in [0.1, 0.15) is 51.6 Å². The van der Waals surface area contributed by atoms with Crippen LogP contribution in [0.3, 0.4) is 0 Å². The van der Waals surface area contributed by atoms with Gasteiger partial charge >= 0.3 is 5.97 Å². The van der Waals surface area contributed by atoms with Gasteiger partial charge < -0.3 is 15.0 Å². The van der Waals surface area contributed by atoms with Gasteiger partial charge in [0.1, 0.15) is 6.04 Å². The molecule has 1 atom stereocenters. The van der Waals surface area contributed by atoms with Gasteiger partial charge in [-0.2, -0.15) is 0 Å². The summed E-state index contributed by atoms with van der Waals surface area (Å²) in [6, 6.07) is 30.7. The Morgan fingerprint density at radius 1 is 0.658 bits per heavy atom. The number of amides is 1. The molecule has 6 heteroatoms. The third-order valence-electron chi connectivity index (χ3n) is 6.85. The van der Waals surface area contributed by atoms with Crippen molar-refractivity contribution in [1.29, 1.82) is 0 Å². The molecule has 1 aromatic heterocycles. The number of hydrogen-bond acceptors (Lipinski definition) is 3. The van der Waals surface area contributed by atoms with Crippen LogP contribution in [-0.4, -0.2) is 33.9 Å². The van der Waals surface area contributed by atoms with Gasteiger partial charge in [-0.3, -0.25) is 9.59 Å². The summed E-state index contributed by atoms with van der Waals surface area (Å²) < 4.78 is 1.92. The first kappa shape index (κ1) is 25.0. The first-order valence-electron chi connectivity index (χ1n) is 12.7. The number of carbonyl (C=O) groups excluding carboxylic acids is 2. The second kappa shape index (κ2) is 11.1. The molecular weight excluding hydrogens is 476 g/mol. The van der Waals surface area contributed by atoms with Gasteiger partial charge in [0.25, 0.3) is 5.91 Å². The molecule has 38 heavy (non-hydrogen) atoms. The van der Waals surface area contributed by atoms with Crippen molar-refractivity contribution >= 4 is 39.5 Å². The lowest BCUT2D eigenvalue weighted by Gasteiger charge is -2.17. The van der Waals surface area contributed by atoms with E-state index in [1.807, 2.05) is 71.3 Å². The molecule has 0 aliphatic rings. The van der Waals surface area contributed by atoms with E-state index >= 15 is 0 Å². The lowest BCUT2D eigenvalue weighted by molar-refractivity contribution is -0.140. The SMILES string of the molecule is O=C(NCCCCC(C(=O)O)n1c2ccccc2c2ccccc21)c1ccc(C(=O)c2ccccc2)cc1. The molecule has 0 saturated carbocycles. The molecule has 0 bridgehead atoms. The van der Waals surface area contributed by atoms with E-state index in [4.69, 9.17) is 0 Å². The van der Waals surface area contributed by atoms with E-state index in [-0.39, 0.29) is 11.7 Å². The number of benzene rings is 4. The Bertz CT molecular complexity index is 1550. The van der Waals surface area contributed by atoms with Crippen LogP contribution < -0.4 is 5.32 Å². The number of nitrogens with one attached hydrogen (secondary N) is 1. The lowest BCUT2D eigenvalue weighted by atomic mass is 10.0. The lowest BCUT2D eigenvalue weighted by Crippen LogP contribution is -2.25. The average Bonchev–Trinajstić information content (AvgIpc) is 3.29. The van der Waals surface area contributed by atoms with Crippen LogP contribution in [0.4, 0.5) is 0 Å². The standard InChI is InChI=1S/C32H28N2O4/c35-30(22-10-2-1-3-11-22)23-17-19-24(20-18-23)31(36)33-21-9-8-16-29(32(37)38)34-27-14-6-4-12-25(27)26-13-5-7-15-28(26)34/h1-7,10-15,17-20,29H,8-9,16,21H2,(H,33,36)(H,37,38). The molecule has 0 radical (unpaired) electrons. The van der Waals surface area contributed by atoms with E-state index in [0.717, 1.165) is 21.8 Å². The van der Waals surface area contributed by atoms with Crippen LogP contribution in [0.15, 0.2) is 103 Å². The Balaban J connectivity index is 1.18. The van der Waals surface area contributed by atoms with Crippen LogP contribution in [0, 0.1) is 0 Å². The average molecular weight is 505 g/mol. The first-order chi connectivity index (χ1) is 18.5. The summed E-state index contributed by atoms with van der Waals surface area (Å²) in [5.41, 5.74) is 3.42. The van der Waals surface area contributed by atoms with Crippen molar-refractivity contribution in [2.45, 2.75) is 25.3 Å². The molecule has 1 heterocycles. The zero-order chi connectivity index (χ0) is 26.5. The van der Waals surface area contributed by atoms with Crippen molar-refractivity contribution in [3.05, 3.63) is 120 Å². The number of carboxylic acids is 1. The van der Waals surface area contributed by atoms with Gasteiger partial charge in [0.05, 0.1) is 0 Å². The van der Waals surface area contributed by atoms with Crippen LogP contribution in [0.5, 0.6) is 0 Å². The highest BCUT2D eigenvalue weighted by molar-refractivity contribution is 6.10. The van der Waals surface area contributed by atoms with Crippen molar-refractivity contribution < 1.29 is 19.5 Å². The van der Waals surface area contributed by atoms with Crippen molar-refractivity contribution in [2.75, 3.05) is 6.54 Å². The highest BCUT2D eigenvalue weighted by Gasteiger charge is 2.23. The summed E-state index contributed by atoms with van der Waals surface area (Å²) in [6.45, 7) is 0.434. The van der Waals surface area contributed by atoms with Crippen molar-refractivity contribution in [3.8, 4) is 0 Å². The van der Waals surface area contributed by atoms with Gasteiger partial charge in [-0.1, -0.05) is 78.9 Å². The molecule has 2 N–H and O–H groups in total. The number of fused-ring (bicyclic) bond motifs is 3. The number of hydrogen-bond donors (Lipinski definition) is 2. The summed E-state index contributed by atoms with van der Waals surface area (Å²) >= 11 is 0. The molecule has 0 aliphatic heterocycles. The molecule has 6 nitrogen and oxygen atoms in total. The summed E-state index contributed by atoms with van der Waals surface area (Å²) in [5, 5.41) is 15.1. The van der Waals surface area contributed by atoms with Gasteiger partial charge in [0, 0.05) is 45.0 Å². The Hall–Kier alpha value is -4.71. The minimum atomic E-state index is -0.870. The number of aromatic nitrogens is 1. The maximum absolute atomic E-state index is 12.6. The highest BCUT2D eigenvalue weighted by Crippen LogP contribution is 2.33. The highest BCUT2D eigenvalue weighted by atomic mass is 16.4. The predicted octanol–water partition coefficient (Wildman–Crippen LogP) is 6.25. The molecule has 1 unspecified atom stereocenters. The van der Waals surface area contributed by atoms with E-state index in [0.29, 0.717) is 42.5 Å². The van der Waals surface area contributed by atoms with E-state index in [1.165, 1.54) is 0 Å². The van der Waals surface area contributed by atoms with Crippen molar-refractivity contribution in [1.82, 2.24) is 9.88 Å². The zero-order valence-electron chi connectivity index (χ0n) is 20.8. The van der Waals surface area contributed by atoms with Crippen LogP contribution in [0.2, 0.25) is 0 Å². The largest absolute Gasteiger partial charge is 0.480 e. The Morgan fingerprint density at radius 2 is 1.18 bits per heavy atom. The molecule has 190 valence electrons. The van der Waals surface area contributed by atoms with Gasteiger partial charge in [0.15, 0.2) is 5.78 Å². The fourth-order valence-electron chi connectivity index (χ4n) is 4.95. The van der Waals surface area contributed by atoms with E-state index in [9.17, 15) is 19.5 Å². The smallest absolute Gasteiger partial charge is 0.326 e. The van der Waals surface area contributed by atoms with E-state index in [1.54, 1.807) is 36.4 Å². The maximum Gasteiger partial charge on any atom is 0.326 e. The molecule has 5 rings (SSSR count). The molecule has 0 fully saturated rings. The van der Waals surface area contributed by atoms with Gasteiger partial charge in [-0.25, -0.2) is 4.79 Å². The van der Waals surface area contributed by atoms with Gasteiger partial charge in [0.2, 0.25) is 0 Å². The zero-order valence-corrected chi connectivity index (χ0v) is 20.8. The molecule has 0 spiro atoms. The normalized spacial score (nSPS) is 11.9. The number of aliphatic carboxylic acids is 1. The molecule has 0 saturated heterocycles. The Kier molecular flexibility index (Phi) is 7.31. The molecular formula is C32H28N2O4. The molecule has 5 aromatic rings. The molecule has 4 aromatic carbocycles. The summed E-state index contributed by atoms with van der Waals surface area (Å²) in [5.74, 6) is -1.18. The number of ketones is 1. The van der Waals surface area contributed by atoms with Crippen LogP contribution in [-0.2, 0) is 4.79 Å². The summed E-state index contributed by atoms with van der Waals surface area (Å²) in [7, 11) is 0. The summed E-state index contributed by atoms with van der Waals surface area (Å²) in [6.07, 6.45) is 1.74. The Labute approximate surface area is 220 Å². The van der Waals surface area contributed by atoms with E-state index < -0.39 is 12.0 Å². The fraction of sp³-hybridized carbons (Fsp3) is 0.156. The van der Waals surface area contributed by atoms with Gasteiger partial charge in [-0.05, 0) is 43.5 Å². The maximum atomic E-state index is 12.6. The second-order valence-electron chi connectivity index (χ2n) is 9.28. The van der Waals surface area contributed by atoms with Crippen LogP contribution in [0.25, 0.3) is 21.8 Å². The fourth-order valence-corrected chi connectivity index (χ4v) is 4.95. The van der Waals surface area contributed by atoms with Crippen molar-refractivity contribution in [3.63, 3.8) is 0 Å². The minimum absolute atomic E-state index is 0.0891. The molecule has 1 amide bonds. The number of nitrogens with zero attached hydrogens (tertiary/aromatic N) is 1. The number of rotatable bonds is 10. The number of para-hydroxylation sites is 2. The summed E-state index contributed by atoms with van der Waals surface area (Å²) in [4.78, 5) is 37.4. The van der Waals surface area contributed by atoms with Gasteiger partial charge in [-0.15, -0.1) is 0 Å². The number of carboxylic acid groups (broad SMARTS) is 1. The minimum Gasteiger partial charge on any atom is -0.480 e. The number of unbranched alkanes of at least 4 members (excludes halogenated alkanes) is 1.